The highest BCUT2D eigenvalue weighted by atomic mass is 16.6. The molecule has 1 unspecified atom stereocenters. The summed E-state index contributed by atoms with van der Waals surface area (Å²) in [5.74, 6) is -0.525. The Labute approximate surface area is 156 Å². The van der Waals surface area contributed by atoms with Crippen LogP contribution in [0.2, 0.25) is 0 Å². The van der Waals surface area contributed by atoms with Crippen molar-refractivity contribution in [3.63, 3.8) is 0 Å². The van der Waals surface area contributed by atoms with Gasteiger partial charge in [-0.25, -0.2) is 14.4 Å². The number of ether oxygens (including phenoxy) is 2. The number of aliphatic carboxylic acids is 1. The van der Waals surface area contributed by atoms with E-state index in [2.05, 4.69) is 5.32 Å². The van der Waals surface area contributed by atoms with Gasteiger partial charge in [0.25, 0.3) is 0 Å². The van der Waals surface area contributed by atoms with E-state index in [4.69, 9.17) is 9.47 Å². The number of amides is 2. The molecule has 0 aromatic heterocycles. The number of nitrogens with zero attached hydrogens (tertiary/aromatic N) is 1. The summed E-state index contributed by atoms with van der Waals surface area (Å²) in [5, 5.41) is 11.7. The van der Waals surface area contributed by atoms with Crippen molar-refractivity contribution in [3.8, 4) is 11.5 Å². The Bertz CT molecular complexity index is 766. The van der Waals surface area contributed by atoms with Gasteiger partial charge in [-0.15, -0.1) is 0 Å². The molecule has 0 aliphatic heterocycles. The molecule has 0 aliphatic carbocycles. The molecular formula is C19H20N2O6. The number of rotatable bonds is 7. The molecular weight excluding hydrogens is 352 g/mol. The van der Waals surface area contributed by atoms with Gasteiger partial charge in [0.2, 0.25) is 0 Å². The Kier molecular flexibility index (Phi) is 7.18. The fourth-order valence-electron chi connectivity index (χ4n) is 2.13. The predicted octanol–water partition coefficient (Wildman–Crippen LogP) is 2.75. The SMILES string of the molecule is CC(C(=O)O)N(CCNC(=O)Oc1ccccc1)C(=O)Oc1ccccc1. The van der Waals surface area contributed by atoms with Crippen LogP contribution in [-0.4, -0.2) is 47.3 Å². The molecule has 8 heteroatoms. The molecule has 8 nitrogen and oxygen atoms in total. The highest BCUT2D eigenvalue weighted by Gasteiger charge is 2.27. The average Bonchev–Trinajstić information content (AvgIpc) is 2.66. The normalized spacial score (nSPS) is 11.1. The zero-order valence-electron chi connectivity index (χ0n) is 14.7. The molecule has 0 heterocycles. The minimum atomic E-state index is -1.19. The second-order valence-corrected chi connectivity index (χ2v) is 5.52. The third-order valence-electron chi connectivity index (χ3n) is 3.58. The third kappa shape index (κ3) is 6.35. The van der Waals surface area contributed by atoms with Gasteiger partial charge < -0.3 is 19.9 Å². The average molecular weight is 372 g/mol. The van der Waals surface area contributed by atoms with Crippen molar-refractivity contribution in [2.45, 2.75) is 13.0 Å². The molecule has 2 aromatic rings. The van der Waals surface area contributed by atoms with Gasteiger partial charge in [0.15, 0.2) is 0 Å². The molecule has 2 N–H and O–H groups in total. The maximum atomic E-state index is 12.3. The molecule has 0 saturated heterocycles. The molecule has 0 bridgehead atoms. The fraction of sp³-hybridized carbons (Fsp3) is 0.211. The largest absolute Gasteiger partial charge is 0.480 e. The van der Waals surface area contributed by atoms with Crippen LogP contribution in [-0.2, 0) is 4.79 Å². The maximum absolute atomic E-state index is 12.3. The molecule has 0 radical (unpaired) electrons. The number of carbonyl (C=O) groups is 3. The Morgan fingerprint density at radius 3 is 2.00 bits per heavy atom. The number of carbonyl (C=O) groups excluding carboxylic acids is 2. The summed E-state index contributed by atoms with van der Waals surface area (Å²) in [4.78, 5) is 36.4. The lowest BCUT2D eigenvalue weighted by Crippen LogP contribution is -2.48. The van der Waals surface area contributed by atoms with E-state index in [9.17, 15) is 19.5 Å². The summed E-state index contributed by atoms with van der Waals surface area (Å²) >= 11 is 0. The molecule has 2 rings (SSSR count). The van der Waals surface area contributed by atoms with Gasteiger partial charge in [-0.2, -0.15) is 0 Å². The van der Waals surface area contributed by atoms with Gasteiger partial charge in [0.1, 0.15) is 17.5 Å². The van der Waals surface area contributed by atoms with E-state index in [1.807, 2.05) is 0 Å². The molecule has 0 spiro atoms. The molecule has 2 amide bonds. The summed E-state index contributed by atoms with van der Waals surface area (Å²) in [6, 6.07) is 15.6. The number of hydrogen-bond acceptors (Lipinski definition) is 5. The quantitative estimate of drug-likeness (QED) is 0.774. The van der Waals surface area contributed by atoms with E-state index in [1.165, 1.54) is 6.92 Å². The van der Waals surface area contributed by atoms with Crippen LogP contribution in [0.3, 0.4) is 0 Å². The van der Waals surface area contributed by atoms with Crippen molar-refractivity contribution in [1.82, 2.24) is 10.2 Å². The fourth-order valence-corrected chi connectivity index (χ4v) is 2.13. The Hall–Kier alpha value is -3.55. The first-order valence-electron chi connectivity index (χ1n) is 8.24. The Morgan fingerprint density at radius 2 is 1.48 bits per heavy atom. The van der Waals surface area contributed by atoms with Crippen molar-refractivity contribution in [3.05, 3.63) is 60.7 Å². The molecule has 142 valence electrons. The summed E-state index contributed by atoms with van der Waals surface area (Å²) < 4.78 is 10.2. The van der Waals surface area contributed by atoms with E-state index in [1.54, 1.807) is 60.7 Å². The topological polar surface area (TPSA) is 105 Å². The van der Waals surface area contributed by atoms with Crippen LogP contribution >= 0.6 is 0 Å². The first kappa shape index (κ1) is 19.8. The number of carboxylic acid groups (broad SMARTS) is 1. The van der Waals surface area contributed by atoms with Crippen LogP contribution in [0.15, 0.2) is 60.7 Å². The highest BCUT2D eigenvalue weighted by Crippen LogP contribution is 2.12. The van der Waals surface area contributed by atoms with Crippen molar-refractivity contribution < 1.29 is 29.0 Å². The van der Waals surface area contributed by atoms with Crippen LogP contribution < -0.4 is 14.8 Å². The van der Waals surface area contributed by atoms with Crippen molar-refractivity contribution in [1.29, 1.82) is 0 Å². The predicted molar refractivity (Wildman–Crippen MR) is 96.7 cm³/mol. The number of carboxylic acids is 1. The second kappa shape index (κ2) is 9.81. The minimum absolute atomic E-state index is 0.00677. The molecule has 0 aliphatic rings. The number of nitrogens with one attached hydrogen (secondary N) is 1. The number of para-hydroxylation sites is 2. The summed E-state index contributed by atoms with van der Waals surface area (Å²) in [7, 11) is 0. The lowest BCUT2D eigenvalue weighted by molar-refractivity contribution is -0.141. The first-order chi connectivity index (χ1) is 13.0. The molecule has 0 fully saturated rings. The minimum Gasteiger partial charge on any atom is -0.480 e. The van der Waals surface area contributed by atoms with Crippen molar-refractivity contribution in [2.24, 2.45) is 0 Å². The van der Waals surface area contributed by atoms with Crippen LogP contribution in [0.5, 0.6) is 11.5 Å². The van der Waals surface area contributed by atoms with E-state index >= 15 is 0 Å². The third-order valence-corrected chi connectivity index (χ3v) is 3.58. The number of hydrogen-bond donors (Lipinski definition) is 2. The van der Waals surface area contributed by atoms with E-state index in [0.29, 0.717) is 11.5 Å². The lowest BCUT2D eigenvalue weighted by atomic mass is 10.3. The number of benzene rings is 2. The highest BCUT2D eigenvalue weighted by molar-refractivity contribution is 5.80. The first-order valence-corrected chi connectivity index (χ1v) is 8.24. The van der Waals surface area contributed by atoms with Gasteiger partial charge in [0, 0.05) is 13.1 Å². The molecule has 1 atom stereocenters. The van der Waals surface area contributed by atoms with E-state index in [0.717, 1.165) is 4.90 Å². The van der Waals surface area contributed by atoms with Gasteiger partial charge in [0.05, 0.1) is 0 Å². The van der Waals surface area contributed by atoms with Crippen LogP contribution in [0.25, 0.3) is 0 Å². The monoisotopic (exact) mass is 372 g/mol. The van der Waals surface area contributed by atoms with Crippen molar-refractivity contribution in [2.75, 3.05) is 13.1 Å². The maximum Gasteiger partial charge on any atom is 0.416 e. The molecule has 2 aromatic carbocycles. The standard InChI is InChI=1S/C19H20N2O6/c1-14(17(22)23)21(19(25)27-16-10-6-3-7-11-16)13-12-20-18(24)26-15-8-4-2-5-9-15/h2-11,14H,12-13H2,1H3,(H,20,24)(H,22,23). The lowest BCUT2D eigenvalue weighted by Gasteiger charge is -2.25. The van der Waals surface area contributed by atoms with Gasteiger partial charge in [-0.1, -0.05) is 36.4 Å². The summed E-state index contributed by atoms with van der Waals surface area (Å²) in [6.07, 6.45) is -1.53. The summed E-state index contributed by atoms with van der Waals surface area (Å²) in [6.45, 7) is 1.28. The van der Waals surface area contributed by atoms with Gasteiger partial charge >= 0.3 is 18.2 Å². The van der Waals surface area contributed by atoms with Crippen LogP contribution in [0.1, 0.15) is 6.92 Å². The van der Waals surface area contributed by atoms with E-state index in [-0.39, 0.29) is 13.1 Å². The Morgan fingerprint density at radius 1 is 0.963 bits per heavy atom. The van der Waals surface area contributed by atoms with Gasteiger partial charge in [-0.05, 0) is 31.2 Å². The zero-order chi connectivity index (χ0) is 19.6. The molecule has 27 heavy (non-hydrogen) atoms. The second-order valence-electron chi connectivity index (χ2n) is 5.52. The Balaban J connectivity index is 1.91. The van der Waals surface area contributed by atoms with Gasteiger partial charge in [-0.3, -0.25) is 4.90 Å². The van der Waals surface area contributed by atoms with Crippen molar-refractivity contribution >= 4 is 18.2 Å². The molecule has 0 saturated carbocycles. The zero-order valence-corrected chi connectivity index (χ0v) is 14.7. The smallest absolute Gasteiger partial charge is 0.416 e. The van der Waals surface area contributed by atoms with Crippen LogP contribution in [0.4, 0.5) is 9.59 Å². The van der Waals surface area contributed by atoms with Crippen LogP contribution in [0, 0.1) is 0 Å². The van der Waals surface area contributed by atoms with E-state index < -0.39 is 24.2 Å². The summed E-state index contributed by atoms with van der Waals surface area (Å²) in [5.41, 5.74) is 0.